The highest BCUT2D eigenvalue weighted by Crippen LogP contribution is 2.36. The van der Waals surface area contributed by atoms with E-state index in [0.29, 0.717) is 24.7 Å². The van der Waals surface area contributed by atoms with Gasteiger partial charge in [0.2, 0.25) is 0 Å². The number of aliphatic carboxylic acids is 1. The Labute approximate surface area is 121 Å². The van der Waals surface area contributed by atoms with Crippen LogP contribution in [0.15, 0.2) is 30.3 Å². The van der Waals surface area contributed by atoms with Crippen molar-refractivity contribution in [3.8, 4) is 0 Å². The molecule has 1 saturated carbocycles. The molecule has 1 fully saturated rings. The Balaban J connectivity index is 2.16. The number of carboxylic acid groups (broad SMARTS) is 1. The van der Waals surface area contributed by atoms with Crippen LogP contribution < -0.4 is 5.32 Å². The number of carboxylic acids is 1. The molecule has 3 heteroatoms. The van der Waals surface area contributed by atoms with Crippen molar-refractivity contribution in [1.29, 1.82) is 0 Å². The molecule has 2 N–H and O–H groups in total. The molecule has 0 amide bonds. The van der Waals surface area contributed by atoms with Gasteiger partial charge in [-0.05, 0) is 43.2 Å². The molecule has 0 aromatic heterocycles. The summed E-state index contributed by atoms with van der Waals surface area (Å²) in [4.78, 5) is 11.8. The Bertz CT molecular complexity index is 444. The minimum atomic E-state index is -0.801. The van der Waals surface area contributed by atoms with Gasteiger partial charge in [-0.1, -0.05) is 44.9 Å². The molecule has 0 heterocycles. The first-order chi connectivity index (χ1) is 9.53. The van der Waals surface area contributed by atoms with Gasteiger partial charge in [0.15, 0.2) is 0 Å². The van der Waals surface area contributed by atoms with Gasteiger partial charge < -0.3 is 10.4 Å². The number of anilines is 1. The number of benzene rings is 1. The van der Waals surface area contributed by atoms with Crippen LogP contribution in [0, 0.1) is 11.8 Å². The van der Waals surface area contributed by atoms with E-state index in [2.05, 4.69) is 19.2 Å². The Morgan fingerprint density at radius 2 is 1.95 bits per heavy atom. The van der Waals surface area contributed by atoms with Gasteiger partial charge in [0.05, 0.1) is 0 Å². The van der Waals surface area contributed by atoms with Gasteiger partial charge in [-0.3, -0.25) is 0 Å². The lowest BCUT2D eigenvalue weighted by Gasteiger charge is -2.30. The molecule has 2 rings (SSSR count). The second-order valence-electron chi connectivity index (χ2n) is 6.31. The van der Waals surface area contributed by atoms with Crippen LogP contribution in [0.2, 0.25) is 0 Å². The van der Waals surface area contributed by atoms with E-state index in [9.17, 15) is 9.90 Å². The van der Waals surface area contributed by atoms with Crippen LogP contribution in [0.4, 0.5) is 5.69 Å². The number of para-hydroxylation sites is 1. The highest BCUT2D eigenvalue weighted by atomic mass is 16.4. The fourth-order valence-electron chi connectivity index (χ4n) is 3.22. The summed E-state index contributed by atoms with van der Waals surface area (Å²) in [7, 11) is 0. The number of nitrogens with one attached hydrogen (secondary N) is 1. The standard InChI is InChI=1S/C17H25NO2/c1-13(2)14-7-6-11-17(12-10-14,16(19)20)18-15-8-4-3-5-9-15/h3-5,8-9,13-14,18H,6-7,10-12H2,1-2H3,(H,19,20). The van der Waals surface area contributed by atoms with Crippen molar-refractivity contribution >= 4 is 11.7 Å². The highest BCUT2D eigenvalue weighted by molar-refractivity contribution is 5.82. The predicted molar refractivity (Wildman–Crippen MR) is 81.8 cm³/mol. The summed E-state index contributed by atoms with van der Waals surface area (Å²) in [6.45, 7) is 4.48. The lowest BCUT2D eigenvalue weighted by molar-refractivity contribution is -0.142. The molecule has 2 atom stereocenters. The molecule has 1 aromatic carbocycles. The number of hydrogen-bond acceptors (Lipinski definition) is 2. The van der Waals surface area contributed by atoms with Crippen molar-refractivity contribution in [3.63, 3.8) is 0 Å². The summed E-state index contributed by atoms with van der Waals surface area (Å²) in [5.74, 6) is 0.566. The van der Waals surface area contributed by atoms with Crippen LogP contribution in [0.3, 0.4) is 0 Å². The van der Waals surface area contributed by atoms with Gasteiger partial charge in [0.1, 0.15) is 5.54 Å². The van der Waals surface area contributed by atoms with E-state index in [1.165, 1.54) is 0 Å². The molecule has 3 nitrogen and oxygen atoms in total. The molecule has 0 bridgehead atoms. The Morgan fingerprint density at radius 1 is 1.25 bits per heavy atom. The lowest BCUT2D eigenvalue weighted by atomic mass is 9.86. The van der Waals surface area contributed by atoms with E-state index in [1.54, 1.807) is 0 Å². The average Bonchev–Trinajstić information content (AvgIpc) is 2.63. The normalized spacial score (nSPS) is 27.1. The third kappa shape index (κ3) is 3.33. The van der Waals surface area contributed by atoms with Gasteiger partial charge in [-0.15, -0.1) is 0 Å². The van der Waals surface area contributed by atoms with Crippen LogP contribution in [-0.2, 0) is 4.79 Å². The molecule has 1 aliphatic rings. The Hall–Kier alpha value is -1.51. The largest absolute Gasteiger partial charge is 0.480 e. The molecule has 1 aromatic rings. The minimum absolute atomic E-state index is 0.635. The first-order valence-electron chi connectivity index (χ1n) is 7.60. The fraction of sp³-hybridized carbons (Fsp3) is 0.588. The zero-order valence-corrected chi connectivity index (χ0v) is 12.4. The zero-order valence-electron chi connectivity index (χ0n) is 12.4. The summed E-state index contributed by atoms with van der Waals surface area (Å²) >= 11 is 0. The summed E-state index contributed by atoms with van der Waals surface area (Å²) in [5.41, 5.74) is 0.100. The molecule has 2 unspecified atom stereocenters. The molecule has 0 aliphatic heterocycles. The molecule has 20 heavy (non-hydrogen) atoms. The average molecular weight is 275 g/mol. The number of rotatable bonds is 4. The fourth-order valence-corrected chi connectivity index (χ4v) is 3.22. The third-order valence-electron chi connectivity index (χ3n) is 4.63. The molecule has 0 spiro atoms. The van der Waals surface area contributed by atoms with Gasteiger partial charge in [-0.25, -0.2) is 4.79 Å². The summed E-state index contributed by atoms with van der Waals surface area (Å²) in [6.07, 6.45) is 4.53. The monoisotopic (exact) mass is 275 g/mol. The Kier molecular flexibility index (Phi) is 4.69. The van der Waals surface area contributed by atoms with Crippen molar-refractivity contribution in [2.45, 2.75) is 51.5 Å². The van der Waals surface area contributed by atoms with E-state index < -0.39 is 11.5 Å². The summed E-state index contributed by atoms with van der Waals surface area (Å²) < 4.78 is 0. The van der Waals surface area contributed by atoms with Crippen LogP contribution in [-0.4, -0.2) is 16.6 Å². The van der Waals surface area contributed by atoms with Gasteiger partial charge in [0.25, 0.3) is 0 Å². The van der Waals surface area contributed by atoms with Crippen LogP contribution >= 0.6 is 0 Å². The maximum absolute atomic E-state index is 11.8. The maximum atomic E-state index is 11.8. The van der Waals surface area contributed by atoms with Crippen LogP contribution in [0.25, 0.3) is 0 Å². The van der Waals surface area contributed by atoms with Crippen molar-refractivity contribution in [2.75, 3.05) is 5.32 Å². The number of carbonyl (C=O) groups is 1. The third-order valence-corrected chi connectivity index (χ3v) is 4.63. The van der Waals surface area contributed by atoms with Crippen LogP contribution in [0.5, 0.6) is 0 Å². The van der Waals surface area contributed by atoms with E-state index in [1.807, 2.05) is 30.3 Å². The molecular formula is C17H25NO2. The SMILES string of the molecule is CC(C)C1CCCC(Nc2ccccc2)(C(=O)O)CC1. The van der Waals surface area contributed by atoms with E-state index >= 15 is 0 Å². The van der Waals surface area contributed by atoms with E-state index in [0.717, 1.165) is 24.9 Å². The first-order valence-corrected chi connectivity index (χ1v) is 7.60. The quantitative estimate of drug-likeness (QED) is 0.811. The zero-order chi connectivity index (χ0) is 14.6. The van der Waals surface area contributed by atoms with Crippen molar-refractivity contribution in [3.05, 3.63) is 30.3 Å². The molecule has 110 valence electrons. The van der Waals surface area contributed by atoms with Gasteiger partial charge >= 0.3 is 5.97 Å². The van der Waals surface area contributed by atoms with Gasteiger partial charge in [0, 0.05) is 5.69 Å². The van der Waals surface area contributed by atoms with Crippen molar-refractivity contribution < 1.29 is 9.90 Å². The Morgan fingerprint density at radius 3 is 2.55 bits per heavy atom. The van der Waals surface area contributed by atoms with E-state index in [-0.39, 0.29) is 0 Å². The molecule has 0 radical (unpaired) electrons. The summed E-state index contributed by atoms with van der Waals surface area (Å²) in [6, 6.07) is 9.70. The lowest BCUT2D eigenvalue weighted by Crippen LogP contribution is -2.46. The molecule has 1 aliphatic carbocycles. The topological polar surface area (TPSA) is 49.3 Å². The van der Waals surface area contributed by atoms with Gasteiger partial charge in [-0.2, -0.15) is 0 Å². The second kappa shape index (κ2) is 6.29. The maximum Gasteiger partial charge on any atom is 0.329 e. The van der Waals surface area contributed by atoms with Crippen molar-refractivity contribution in [2.24, 2.45) is 11.8 Å². The molecule has 0 saturated heterocycles. The van der Waals surface area contributed by atoms with Crippen molar-refractivity contribution in [1.82, 2.24) is 0 Å². The number of hydrogen-bond donors (Lipinski definition) is 2. The molecular weight excluding hydrogens is 250 g/mol. The first kappa shape index (κ1) is 14.9. The van der Waals surface area contributed by atoms with Crippen LogP contribution in [0.1, 0.15) is 46.0 Å². The smallest absolute Gasteiger partial charge is 0.329 e. The second-order valence-corrected chi connectivity index (χ2v) is 6.31. The highest BCUT2D eigenvalue weighted by Gasteiger charge is 2.40. The predicted octanol–water partition coefficient (Wildman–Crippen LogP) is 4.16. The van der Waals surface area contributed by atoms with E-state index in [4.69, 9.17) is 0 Å². The summed E-state index contributed by atoms with van der Waals surface area (Å²) in [5, 5.41) is 13.0. The minimum Gasteiger partial charge on any atom is -0.480 e.